The fourth-order valence-electron chi connectivity index (χ4n) is 3.51. The zero-order chi connectivity index (χ0) is 18.0. The summed E-state index contributed by atoms with van der Waals surface area (Å²) in [5, 5.41) is 1.60. The fourth-order valence-corrected chi connectivity index (χ4v) is 3.68. The lowest BCUT2D eigenvalue weighted by Gasteiger charge is -2.31. The van der Waals surface area contributed by atoms with Gasteiger partial charge < -0.3 is 9.30 Å². The molecule has 3 rings (SSSR count). The molecular weight excluding hydrogens is 340 g/mol. The van der Waals surface area contributed by atoms with Crippen LogP contribution in [0.25, 0.3) is 10.9 Å². The monoisotopic (exact) mass is 362 g/mol. The van der Waals surface area contributed by atoms with Crippen molar-refractivity contribution in [3.8, 4) is 0 Å². The third-order valence-electron chi connectivity index (χ3n) is 4.78. The summed E-state index contributed by atoms with van der Waals surface area (Å²) in [4.78, 5) is 26.9. The first kappa shape index (κ1) is 18.0. The molecule has 0 aliphatic carbocycles. The van der Waals surface area contributed by atoms with E-state index in [2.05, 4.69) is 4.90 Å². The zero-order valence-corrected chi connectivity index (χ0v) is 15.4. The van der Waals surface area contributed by atoms with E-state index >= 15 is 0 Å². The van der Waals surface area contributed by atoms with Crippen molar-refractivity contribution >= 4 is 28.5 Å². The number of aromatic nitrogens is 1. The molecule has 6 heteroatoms. The van der Waals surface area contributed by atoms with Crippen molar-refractivity contribution in [3.63, 3.8) is 0 Å². The third kappa shape index (κ3) is 3.88. The Labute approximate surface area is 152 Å². The number of pyridine rings is 1. The molecule has 0 amide bonds. The Morgan fingerprint density at radius 2 is 2.16 bits per heavy atom. The maximum Gasteiger partial charge on any atom is 0.310 e. The normalized spacial score (nSPS) is 18.4. The van der Waals surface area contributed by atoms with Gasteiger partial charge in [0.2, 0.25) is 0 Å². The molecule has 1 fully saturated rings. The van der Waals surface area contributed by atoms with Crippen LogP contribution in [0.4, 0.5) is 0 Å². The molecule has 0 N–H and O–H groups in total. The summed E-state index contributed by atoms with van der Waals surface area (Å²) in [6.45, 7) is 4.30. The molecule has 134 valence electrons. The number of hydrogen-bond acceptors (Lipinski definition) is 4. The van der Waals surface area contributed by atoms with Gasteiger partial charge in [-0.05, 0) is 49.9 Å². The maximum absolute atomic E-state index is 12.7. The van der Waals surface area contributed by atoms with E-state index < -0.39 is 0 Å². The van der Waals surface area contributed by atoms with Crippen LogP contribution in [0.3, 0.4) is 0 Å². The minimum Gasteiger partial charge on any atom is -0.466 e. The van der Waals surface area contributed by atoms with Gasteiger partial charge in [-0.25, -0.2) is 0 Å². The molecule has 1 saturated heterocycles. The number of hydrogen-bond donors (Lipinski definition) is 0. The van der Waals surface area contributed by atoms with Gasteiger partial charge in [-0.1, -0.05) is 17.7 Å². The Hall–Kier alpha value is -1.85. The van der Waals surface area contributed by atoms with Crippen LogP contribution >= 0.6 is 11.6 Å². The topological polar surface area (TPSA) is 51.5 Å². The molecule has 1 aliphatic rings. The van der Waals surface area contributed by atoms with Crippen molar-refractivity contribution in [2.75, 3.05) is 19.7 Å². The summed E-state index contributed by atoms with van der Waals surface area (Å²) in [5.74, 6) is -0.231. The average Bonchev–Trinajstić information content (AvgIpc) is 2.60. The number of esters is 1. The van der Waals surface area contributed by atoms with E-state index in [0.717, 1.165) is 35.9 Å². The smallest absolute Gasteiger partial charge is 0.310 e. The van der Waals surface area contributed by atoms with Gasteiger partial charge in [-0.3, -0.25) is 14.5 Å². The molecule has 1 aliphatic heterocycles. The number of halogens is 1. The van der Waals surface area contributed by atoms with Gasteiger partial charge in [-0.15, -0.1) is 0 Å². The van der Waals surface area contributed by atoms with Crippen molar-refractivity contribution in [3.05, 3.63) is 45.2 Å². The van der Waals surface area contributed by atoms with Crippen LogP contribution in [-0.2, 0) is 23.1 Å². The molecule has 25 heavy (non-hydrogen) atoms. The highest BCUT2D eigenvalue weighted by atomic mass is 35.5. The first-order valence-electron chi connectivity index (χ1n) is 8.66. The summed E-state index contributed by atoms with van der Waals surface area (Å²) in [5.41, 5.74) is 1.54. The molecular formula is C19H23ClN2O3. The van der Waals surface area contributed by atoms with Crippen molar-refractivity contribution in [2.24, 2.45) is 13.0 Å². The first-order valence-corrected chi connectivity index (χ1v) is 9.04. The molecule has 5 nitrogen and oxygen atoms in total. The molecule has 2 aromatic rings. The number of likely N-dealkylation sites (tertiary alicyclic amines) is 1. The second-order valence-corrected chi connectivity index (χ2v) is 7.00. The van der Waals surface area contributed by atoms with Crippen molar-refractivity contribution < 1.29 is 9.53 Å². The molecule has 0 saturated carbocycles. The Morgan fingerprint density at radius 1 is 1.36 bits per heavy atom. The lowest BCUT2D eigenvalue weighted by molar-refractivity contribution is -0.150. The SMILES string of the molecule is CCOC(=O)[C@@H]1CCCN(Cc2cc3ccc(Cl)cc3n(C)c2=O)C1. The van der Waals surface area contributed by atoms with Gasteiger partial charge in [0.1, 0.15) is 0 Å². The number of aryl methyl sites for hydroxylation is 1. The van der Waals surface area contributed by atoms with Crippen LogP contribution in [0.5, 0.6) is 0 Å². The Morgan fingerprint density at radius 3 is 2.92 bits per heavy atom. The lowest BCUT2D eigenvalue weighted by Crippen LogP contribution is -2.40. The predicted octanol–water partition coefficient (Wildman–Crippen LogP) is 2.97. The third-order valence-corrected chi connectivity index (χ3v) is 5.02. The van der Waals surface area contributed by atoms with E-state index in [4.69, 9.17) is 16.3 Å². The van der Waals surface area contributed by atoms with Gasteiger partial charge >= 0.3 is 5.97 Å². The van der Waals surface area contributed by atoms with Gasteiger partial charge in [0, 0.05) is 30.7 Å². The number of benzene rings is 1. The molecule has 2 heterocycles. The Bertz CT molecular complexity index is 846. The molecule has 0 unspecified atom stereocenters. The summed E-state index contributed by atoms with van der Waals surface area (Å²) in [6.07, 6.45) is 1.79. The van der Waals surface area contributed by atoms with E-state index in [9.17, 15) is 9.59 Å². The van der Waals surface area contributed by atoms with E-state index in [0.29, 0.717) is 24.7 Å². The van der Waals surface area contributed by atoms with Gasteiger partial charge in [0.15, 0.2) is 0 Å². The summed E-state index contributed by atoms with van der Waals surface area (Å²) >= 11 is 6.04. The van der Waals surface area contributed by atoms with Gasteiger partial charge in [0.05, 0.1) is 18.0 Å². The summed E-state index contributed by atoms with van der Waals surface area (Å²) in [6, 6.07) is 7.50. The number of rotatable bonds is 4. The largest absolute Gasteiger partial charge is 0.466 e. The first-order chi connectivity index (χ1) is 12.0. The zero-order valence-electron chi connectivity index (χ0n) is 14.6. The Kier molecular flexibility index (Phi) is 5.45. The molecule has 1 atom stereocenters. The second-order valence-electron chi connectivity index (χ2n) is 6.56. The summed E-state index contributed by atoms with van der Waals surface area (Å²) in [7, 11) is 1.77. The minimum absolute atomic E-state index is 0.0203. The standard InChI is InChI=1S/C19H23ClN2O3/c1-3-25-19(24)14-5-4-8-22(11-14)12-15-9-13-6-7-16(20)10-17(13)21(2)18(15)23/h6-7,9-10,14H,3-5,8,11-12H2,1-2H3/t14-/m1/s1. The van der Waals surface area contributed by atoms with Crippen LogP contribution in [0.1, 0.15) is 25.3 Å². The predicted molar refractivity (Wildman–Crippen MR) is 98.8 cm³/mol. The van der Waals surface area contributed by atoms with Gasteiger partial charge in [0.25, 0.3) is 5.56 Å². The van der Waals surface area contributed by atoms with Gasteiger partial charge in [-0.2, -0.15) is 0 Å². The highest BCUT2D eigenvalue weighted by Gasteiger charge is 2.27. The second kappa shape index (κ2) is 7.58. The maximum atomic E-state index is 12.7. The van der Waals surface area contributed by atoms with Crippen LogP contribution in [-0.4, -0.2) is 35.1 Å². The number of carbonyl (C=O) groups excluding carboxylic acids is 1. The van der Waals surface area contributed by atoms with Crippen molar-refractivity contribution in [1.82, 2.24) is 9.47 Å². The van der Waals surface area contributed by atoms with E-state index in [1.165, 1.54) is 0 Å². The van der Waals surface area contributed by atoms with Crippen LogP contribution in [0, 0.1) is 5.92 Å². The number of ether oxygens (including phenoxy) is 1. The quantitative estimate of drug-likeness (QED) is 0.785. The van der Waals surface area contributed by atoms with E-state index in [-0.39, 0.29) is 17.4 Å². The van der Waals surface area contributed by atoms with Crippen LogP contribution in [0.15, 0.2) is 29.1 Å². The van der Waals surface area contributed by atoms with Crippen LogP contribution in [0.2, 0.25) is 5.02 Å². The van der Waals surface area contributed by atoms with Crippen molar-refractivity contribution in [1.29, 1.82) is 0 Å². The fraction of sp³-hybridized carbons (Fsp3) is 0.474. The highest BCUT2D eigenvalue weighted by molar-refractivity contribution is 6.31. The lowest BCUT2D eigenvalue weighted by atomic mass is 9.97. The Balaban J connectivity index is 1.83. The number of carbonyl (C=O) groups is 1. The number of nitrogens with zero attached hydrogens (tertiary/aromatic N) is 2. The highest BCUT2D eigenvalue weighted by Crippen LogP contribution is 2.22. The molecule has 1 aromatic heterocycles. The van der Waals surface area contributed by atoms with E-state index in [1.807, 2.05) is 25.1 Å². The average molecular weight is 363 g/mol. The molecule has 0 radical (unpaired) electrons. The summed E-state index contributed by atoms with van der Waals surface area (Å²) < 4.78 is 6.79. The van der Waals surface area contributed by atoms with Crippen LogP contribution < -0.4 is 5.56 Å². The minimum atomic E-state index is -0.131. The van der Waals surface area contributed by atoms with Crippen molar-refractivity contribution in [2.45, 2.75) is 26.3 Å². The number of fused-ring (bicyclic) bond motifs is 1. The number of piperidine rings is 1. The molecule has 0 bridgehead atoms. The molecule has 0 spiro atoms. The van der Waals surface area contributed by atoms with E-state index in [1.54, 1.807) is 17.7 Å². The molecule has 1 aromatic carbocycles.